The molecule has 0 unspecified atom stereocenters. The Hall–Kier alpha value is 0.150. The molecule has 0 bridgehead atoms. The third-order valence-corrected chi connectivity index (χ3v) is 1.02. The zero-order chi connectivity index (χ0) is 9.14. The maximum Gasteiger partial charge on any atom is 1.00 e. The second-order valence-electron chi connectivity index (χ2n) is 2.02. The fourth-order valence-electron chi connectivity index (χ4n) is 0.616. The van der Waals surface area contributed by atoms with Crippen molar-refractivity contribution in [1.82, 2.24) is 9.71 Å². The summed E-state index contributed by atoms with van der Waals surface area (Å²) in [6.45, 7) is 1.15. The van der Waals surface area contributed by atoms with E-state index in [-0.39, 0.29) is 62.0 Å². The molecule has 0 aliphatic rings. The van der Waals surface area contributed by atoms with Gasteiger partial charge in [0.1, 0.15) is 0 Å². The van der Waals surface area contributed by atoms with Gasteiger partial charge in [-0.2, -0.15) is 0 Å². The first-order valence-corrected chi connectivity index (χ1v) is 3.10. The molecule has 1 rings (SSSR count). The van der Waals surface area contributed by atoms with Crippen LogP contribution >= 0.6 is 0 Å². The molecule has 0 fully saturated rings. The molecule has 1 heterocycles. The molecular weight excluding hydrogens is 210 g/mol. The maximum atomic E-state index is 10.8. The van der Waals surface area contributed by atoms with Gasteiger partial charge in [-0.25, -0.2) is 9.59 Å². The van der Waals surface area contributed by atoms with Crippen LogP contribution in [0.4, 0.5) is 0 Å². The number of nitrogens with zero attached hydrogens (tertiary/aromatic N) is 1. The fraction of sp³-hybridized carbons (Fsp3) is 0.167. The number of carbonyl (C=O) groups excluding carboxylic acids is 1. The molecule has 0 saturated carbocycles. The van der Waals surface area contributed by atoms with E-state index in [1.165, 1.54) is 0 Å². The van der Waals surface area contributed by atoms with Crippen LogP contribution < -0.4 is 75.2 Å². The van der Waals surface area contributed by atoms with Gasteiger partial charge in [-0.3, -0.25) is 9.78 Å². The number of aromatic nitrogens is 2. The van der Waals surface area contributed by atoms with Crippen molar-refractivity contribution in [2.45, 2.75) is 6.92 Å². The van der Waals surface area contributed by atoms with Crippen LogP contribution in [0.1, 0.15) is 9.78 Å². The summed E-state index contributed by atoms with van der Waals surface area (Å²) in [4.78, 5) is 38.0. The predicted octanol–water partition coefficient (Wildman–Crippen LogP) is -7.26. The largest absolute Gasteiger partial charge is 1.00 e. The Bertz CT molecular complexity index is 419. The average Bonchev–Trinajstić information content (AvgIpc) is 1.94. The number of hydrogen-bond donors (Lipinski definition) is 1. The van der Waals surface area contributed by atoms with Gasteiger partial charge in [0, 0.05) is 13.0 Å². The maximum absolute atomic E-state index is 10.8. The number of hydrogen-bond acceptors (Lipinski definition) is 4. The van der Waals surface area contributed by atoms with Gasteiger partial charge in [0.2, 0.25) is 0 Å². The first-order chi connectivity index (χ1) is 5.59. The zero-order valence-electron chi connectivity index (χ0n) is 10.2. The number of carbonyl (C=O) groups is 1. The minimum Gasteiger partial charge on any atom is -1.00 e. The molecule has 0 atom stereocenters. The zero-order valence-corrected chi connectivity index (χ0v) is 12.2. The third-order valence-electron chi connectivity index (χ3n) is 1.02. The smallest absolute Gasteiger partial charge is 1.00 e. The minimum atomic E-state index is -0.780. The molecule has 8 heteroatoms. The van der Waals surface area contributed by atoms with E-state index >= 15 is 0 Å². The van der Waals surface area contributed by atoms with Crippen LogP contribution in [0.5, 0.6) is 0 Å². The molecule has 0 aromatic carbocycles. The Labute approximate surface area is 126 Å². The molecule has 0 spiro atoms. The van der Waals surface area contributed by atoms with E-state index in [0.29, 0.717) is 4.73 Å². The Morgan fingerprint density at radius 1 is 1.50 bits per heavy atom. The van der Waals surface area contributed by atoms with Crippen LogP contribution in [0.15, 0.2) is 21.9 Å². The fourth-order valence-corrected chi connectivity index (χ4v) is 0.616. The van der Waals surface area contributed by atoms with Crippen molar-refractivity contribution in [3.8, 4) is 0 Å². The topological polar surface area (TPSA) is 81.2 Å². The van der Waals surface area contributed by atoms with Crippen molar-refractivity contribution in [3.05, 3.63) is 33.1 Å². The van der Waals surface area contributed by atoms with E-state index in [4.69, 9.17) is 0 Å². The Morgan fingerprint density at radius 3 is 2.50 bits per heavy atom. The SMILES string of the molecule is CC(=O)On1ccc(=O)[nH]c1=O.[H-].[H-].[Na+].[Na+]. The van der Waals surface area contributed by atoms with Crippen molar-refractivity contribution >= 4 is 5.97 Å². The second-order valence-corrected chi connectivity index (χ2v) is 2.02. The van der Waals surface area contributed by atoms with Crippen molar-refractivity contribution in [2.75, 3.05) is 0 Å². The van der Waals surface area contributed by atoms with Crippen molar-refractivity contribution in [1.29, 1.82) is 0 Å². The third kappa shape index (κ3) is 5.14. The number of aromatic amines is 1. The van der Waals surface area contributed by atoms with Gasteiger partial charge < -0.3 is 7.69 Å². The molecule has 0 radical (unpaired) electrons. The molecule has 1 aromatic heterocycles. The monoisotopic (exact) mass is 218 g/mol. The van der Waals surface area contributed by atoms with Crippen molar-refractivity contribution < 1.29 is 71.6 Å². The van der Waals surface area contributed by atoms with Crippen LogP contribution in [0.25, 0.3) is 0 Å². The Kier molecular flexibility index (Phi) is 8.81. The van der Waals surface area contributed by atoms with Gasteiger partial charge in [0.25, 0.3) is 5.56 Å². The minimum absolute atomic E-state index is 0. The van der Waals surface area contributed by atoms with E-state index < -0.39 is 17.2 Å². The molecule has 6 nitrogen and oxygen atoms in total. The van der Waals surface area contributed by atoms with Gasteiger partial charge in [-0.05, 0) is 0 Å². The summed E-state index contributed by atoms with van der Waals surface area (Å²) in [7, 11) is 0. The molecule has 68 valence electrons. The molecule has 14 heavy (non-hydrogen) atoms. The molecule has 1 aromatic rings. The summed E-state index contributed by atoms with van der Waals surface area (Å²) in [5.74, 6) is -0.635. The summed E-state index contributed by atoms with van der Waals surface area (Å²) in [5.41, 5.74) is -1.32. The Balaban J connectivity index is -0.000000180. The summed E-state index contributed by atoms with van der Waals surface area (Å²) in [5, 5.41) is 0. The van der Waals surface area contributed by atoms with Crippen molar-refractivity contribution in [2.24, 2.45) is 0 Å². The van der Waals surface area contributed by atoms with Gasteiger partial charge in [-0.15, -0.1) is 4.73 Å². The first kappa shape index (κ1) is 16.6. The van der Waals surface area contributed by atoms with E-state index in [1.54, 1.807) is 0 Å². The molecule has 0 aliphatic carbocycles. The first-order valence-electron chi connectivity index (χ1n) is 3.10. The van der Waals surface area contributed by atoms with E-state index in [0.717, 1.165) is 19.2 Å². The van der Waals surface area contributed by atoms with Crippen LogP contribution in [-0.4, -0.2) is 15.7 Å². The molecular formula is C6H8N2Na2O4. The number of nitrogens with one attached hydrogen (secondary N) is 1. The normalized spacial score (nSPS) is 8.07. The van der Waals surface area contributed by atoms with E-state index in [1.807, 2.05) is 4.98 Å². The molecule has 0 amide bonds. The number of rotatable bonds is 1. The van der Waals surface area contributed by atoms with Crippen molar-refractivity contribution in [3.63, 3.8) is 0 Å². The van der Waals surface area contributed by atoms with Crippen LogP contribution in [0, 0.1) is 0 Å². The summed E-state index contributed by atoms with van der Waals surface area (Å²) in [6.07, 6.45) is 1.07. The number of H-pyrrole nitrogens is 1. The summed E-state index contributed by atoms with van der Waals surface area (Å²) >= 11 is 0. The quantitative estimate of drug-likeness (QED) is 0.475. The standard InChI is InChI=1S/C6H6N2O4.2Na.2H/c1-4(9)12-8-3-2-5(10)7-6(8)11;;;;/h2-3H,1H3,(H,7,10,11);;;;/q;2*+1;2*-1. The average molecular weight is 218 g/mol. The molecule has 1 N–H and O–H groups in total. The Morgan fingerprint density at radius 2 is 2.07 bits per heavy atom. The van der Waals surface area contributed by atoms with Gasteiger partial charge in [0.05, 0.1) is 6.20 Å². The van der Waals surface area contributed by atoms with Gasteiger partial charge >= 0.3 is 70.8 Å². The van der Waals surface area contributed by atoms with Gasteiger partial charge in [-0.1, -0.05) is 0 Å². The molecule has 0 aliphatic heterocycles. The van der Waals surface area contributed by atoms with Crippen LogP contribution in [0.2, 0.25) is 0 Å². The van der Waals surface area contributed by atoms with Crippen LogP contribution in [0.3, 0.4) is 0 Å². The van der Waals surface area contributed by atoms with E-state index in [9.17, 15) is 14.4 Å². The summed E-state index contributed by atoms with van der Waals surface area (Å²) < 4.78 is 0.643. The van der Waals surface area contributed by atoms with E-state index in [2.05, 4.69) is 4.84 Å². The van der Waals surface area contributed by atoms with Crippen LogP contribution in [-0.2, 0) is 4.79 Å². The second kappa shape index (κ2) is 7.44. The summed E-state index contributed by atoms with van der Waals surface area (Å²) in [6, 6.07) is 1.07. The van der Waals surface area contributed by atoms with Gasteiger partial charge in [0.15, 0.2) is 0 Å². The molecule has 0 saturated heterocycles. The predicted molar refractivity (Wildman–Crippen MR) is 40.8 cm³/mol.